The van der Waals surface area contributed by atoms with Crippen molar-refractivity contribution in [3.05, 3.63) is 42.7 Å². The Labute approximate surface area is 97.1 Å². The molecule has 3 aromatic rings. The van der Waals surface area contributed by atoms with Gasteiger partial charge in [0.1, 0.15) is 12.2 Å². The van der Waals surface area contributed by atoms with E-state index in [1.807, 2.05) is 18.2 Å². The molecule has 6 nitrogen and oxygen atoms in total. The smallest absolute Gasteiger partial charge is 0.145 e. The lowest BCUT2D eigenvalue weighted by Crippen LogP contribution is -2.08. The summed E-state index contributed by atoms with van der Waals surface area (Å²) in [5.74, 6) is 0.716. The molecule has 0 atom stereocenters. The molecular weight excluding hydrogens is 216 g/mol. The van der Waals surface area contributed by atoms with Crippen LogP contribution in [-0.2, 0) is 6.54 Å². The van der Waals surface area contributed by atoms with Gasteiger partial charge in [0.15, 0.2) is 0 Å². The predicted octanol–water partition coefficient (Wildman–Crippen LogP) is 0.669. The summed E-state index contributed by atoms with van der Waals surface area (Å²) in [5, 5.41) is 4.14. The van der Waals surface area contributed by atoms with Crippen LogP contribution in [0.2, 0.25) is 0 Å². The molecule has 0 bridgehead atoms. The average Bonchev–Trinajstić information content (AvgIpc) is 2.86. The molecule has 2 heterocycles. The molecule has 3 rings (SSSR count). The van der Waals surface area contributed by atoms with Crippen LogP contribution in [0.25, 0.3) is 16.7 Å². The first-order valence-electron chi connectivity index (χ1n) is 5.18. The van der Waals surface area contributed by atoms with E-state index in [9.17, 15) is 0 Å². The van der Waals surface area contributed by atoms with E-state index in [1.165, 1.54) is 6.33 Å². The number of nitrogens with two attached hydrogens (primary N) is 1. The van der Waals surface area contributed by atoms with Crippen molar-refractivity contribution in [3.63, 3.8) is 0 Å². The van der Waals surface area contributed by atoms with Crippen molar-refractivity contribution in [1.29, 1.82) is 0 Å². The zero-order valence-electron chi connectivity index (χ0n) is 8.98. The summed E-state index contributed by atoms with van der Waals surface area (Å²) in [4.78, 5) is 12.5. The fourth-order valence-electron chi connectivity index (χ4n) is 1.70. The maximum atomic E-state index is 5.59. The SMILES string of the molecule is NCc1ncnn1-c1ccc2nccnc2c1. The van der Waals surface area contributed by atoms with Crippen LogP contribution in [0.1, 0.15) is 5.82 Å². The van der Waals surface area contributed by atoms with E-state index >= 15 is 0 Å². The van der Waals surface area contributed by atoms with Gasteiger partial charge in [-0.05, 0) is 18.2 Å². The molecule has 0 radical (unpaired) electrons. The van der Waals surface area contributed by atoms with Crippen molar-refractivity contribution >= 4 is 11.0 Å². The first-order chi connectivity index (χ1) is 8.38. The molecule has 0 aliphatic carbocycles. The van der Waals surface area contributed by atoms with Crippen LogP contribution < -0.4 is 5.73 Å². The van der Waals surface area contributed by atoms with Gasteiger partial charge in [-0.3, -0.25) is 9.97 Å². The van der Waals surface area contributed by atoms with Gasteiger partial charge in [0.25, 0.3) is 0 Å². The monoisotopic (exact) mass is 226 g/mol. The molecule has 0 amide bonds. The maximum Gasteiger partial charge on any atom is 0.145 e. The van der Waals surface area contributed by atoms with Crippen LogP contribution in [0.5, 0.6) is 0 Å². The van der Waals surface area contributed by atoms with Crippen molar-refractivity contribution in [2.75, 3.05) is 0 Å². The van der Waals surface area contributed by atoms with Crippen LogP contribution in [0, 0.1) is 0 Å². The molecule has 0 unspecified atom stereocenters. The van der Waals surface area contributed by atoms with E-state index in [2.05, 4.69) is 20.1 Å². The number of benzene rings is 1. The normalized spacial score (nSPS) is 10.9. The van der Waals surface area contributed by atoms with Gasteiger partial charge in [-0.25, -0.2) is 9.67 Å². The average molecular weight is 226 g/mol. The van der Waals surface area contributed by atoms with E-state index < -0.39 is 0 Å². The number of aromatic nitrogens is 5. The highest BCUT2D eigenvalue weighted by Gasteiger charge is 2.05. The molecule has 2 N–H and O–H groups in total. The molecule has 0 aliphatic heterocycles. The van der Waals surface area contributed by atoms with Gasteiger partial charge in [0.05, 0.1) is 23.3 Å². The number of hydrogen-bond acceptors (Lipinski definition) is 5. The second-order valence-electron chi connectivity index (χ2n) is 3.52. The molecule has 2 aromatic heterocycles. The van der Waals surface area contributed by atoms with Crippen molar-refractivity contribution in [3.8, 4) is 5.69 Å². The zero-order chi connectivity index (χ0) is 11.7. The molecule has 0 spiro atoms. The predicted molar refractivity (Wildman–Crippen MR) is 62.3 cm³/mol. The Bertz CT molecular complexity index is 660. The third-order valence-electron chi connectivity index (χ3n) is 2.50. The molecule has 84 valence electrons. The van der Waals surface area contributed by atoms with Crippen LogP contribution in [0.4, 0.5) is 0 Å². The molecular formula is C11H10N6. The standard InChI is InChI=1S/C11H10N6/c12-6-11-15-7-16-17(11)8-1-2-9-10(5-8)14-4-3-13-9/h1-5,7H,6,12H2. The highest BCUT2D eigenvalue weighted by atomic mass is 15.3. The van der Waals surface area contributed by atoms with Gasteiger partial charge >= 0.3 is 0 Å². The molecule has 0 saturated heterocycles. The number of fused-ring (bicyclic) bond motifs is 1. The number of hydrogen-bond donors (Lipinski definition) is 1. The summed E-state index contributed by atoms with van der Waals surface area (Å²) in [5.41, 5.74) is 8.15. The van der Waals surface area contributed by atoms with Crippen LogP contribution in [0.3, 0.4) is 0 Å². The summed E-state index contributed by atoms with van der Waals surface area (Å²) in [6.07, 6.45) is 4.82. The van der Waals surface area contributed by atoms with Crippen molar-refractivity contribution in [2.24, 2.45) is 5.73 Å². The lowest BCUT2D eigenvalue weighted by molar-refractivity contribution is 0.790. The van der Waals surface area contributed by atoms with E-state index in [1.54, 1.807) is 17.1 Å². The van der Waals surface area contributed by atoms with Gasteiger partial charge in [-0.1, -0.05) is 0 Å². The second-order valence-corrected chi connectivity index (χ2v) is 3.52. The third kappa shape index (κ3) is 1.64. The summed E-state index contributed by atoms with van der Waals surface area (Å²) in [7, 11) is 0. The lowest BCUT2D eigenvalue weighted by atomic mass is 10.2. The highest BCUT2D eigenvalue weighted by Crippen LogP contribution is 2.14. The van der Waals surface area contributed by atoms with E-state index in [0.717, 1.165) is 16.7 Å². The fourth-order valence-corrected chi connectivity index (χ4v) is 1.70. The van der Waals surface area contributed by atoms with Crippen LogP contribution >= 0.6 is 0 Å². The maximum absolute atomic E-state index is 5.59. The van der Waals surface area contributed by atoms with Gasteiger partial charge in [-0.2, -0.15) is 5.10 Å². The van der Waals surface area contributed by atoms with E-state index in [-0.39, 0.29) is 0 Å². The van der Waals surface area contributed by atoms with Gasteiger partial charge in [0.2, 0.25) is 0 Å². The van der Waals surface area contributed by atoms with E-state index in [4.69, 9.17) is 5.73 Å². The zero-order valence-corrected chi connectivity index (χ0v) is 8.98. The van der Waals surface area contributed by atoms with Crippen molar-refractivity contribution in [1.82, 2.24) is 24.7 Å². The van der Waals surface area contributed by atoms with Crippen molar-refractivity contribution < 1.29 is 0 Å². The largest absolute Gasteiger partial charge is 0.324 e. The Morgan fingerprint density at radius 1 is 1.06 bits per heavy atom. The minimum absolute atomic E-state index is 0.346. The fraction of sp³-hybridized carbons (Fsp3) is 0.0909. The summed E-state index contributed by atoms with van der Waals surface area (Å²) in [6.45, 7) is 0.346. The molecule has 0 fully saturated rings. The summed E-state index contributed by atoms with van der Waals surface area (Å²) >= 11 is 0. The molecule has 1 aromatic carbocycles. The first-order valence-corrected chi connectivity index (χ1v) is 5.18. The van der Waals surface area contributed by atoms with Gasteiger partial charge in [0, 0.05) is 12.4 Å². The van der Waals surface area contributed by atoms with Crippen LogP contribution in [-0.4, -0.2) is 24.7 Å². The minimum Gasteiger partial charge on any atom is -0.324 e. The second kappa shape index (κ2) is 3.91. The minimum atomic E-state index is 0.346. The highest BCUT2D eigenvalue weighted by molar-refractivity contribution is 5.76. The van der Waals surface area contributed by atoms with E-state index in [0.29, 0.717) is 12.4 Å². The Balaban J connectivity index is 2.18. The van der Waals surface area contributed by atoms with Crippen molar-refractivity contribution in [2.45, 2.75) is 6.54 Å². The third-order valence-corrected chi connectivity index (χ3v) is 2.50. The van der Waals surface area contributed by atoms with Crippen LogP contribution in [0.15, 0.2) is 36.9 Å². The molecule has 6 heteroatoms. The molecule has 0 aliphatic rings. The number of rotatable bonds is 2. The van der Waals surface area contributed by atoms with Gasteiger partial charge < -0.3 is 5.73 Å². The quantitative estimate of drug-likeness (QED) is 0.694. The molecule has 0 saturated carbocycles. The Kier molecular flexibility index (Phi) is 2.27. The number of nitrogens with zero attached hydrogens (tertiary/aromatic N) is 5. The lowest BCUT2D eigenvalue weighted by Gasteiger charge is -2.04. The molecule has 17 heavy (non-hydrogen) atoms. The Morgan fingerprint density at radius 2 is 1.88 bits per heavy atom. The first kappa shape index (κ1) is 9.86. The Hall–Kier alpha value is -2.34. The van der Waals surface area contributed by atoms with Gasteiger partial charge in [-0.15, -0.1) is 0 Å². The summed E-state index contributed by atoms with van der Waals surface area (Å²) in [6, 6.07) is 5.74. The Morgan fingerprint density at radius 3 is 2.71 bits per heavy atom. The topological polar surface area (TPSA) is 82.5 Å². The summed E-state index contributed by atoms with van der Waals surface area (Å²) < 4.78 is 1.70.